The molecule has 0 aromatic rings. The number of hydrogen-bond donors (Lipinski definition) is 2. The summed E-state index contributed by atoms with van der Waals surface area (Å²) < 4.78 is 0. The number of nitrogens with one attached hydrogen (secondary N) is 2. The van der Waals surface area contributed by atoms with Crippen molar-refractivity contribution in [2.75, 3.05) is 26.2 Å². The van der Waals surface area contributed by atoms with Crippen molar-refractivity contribution in [3.8, 4) is 0 Å². The van der Waals surface area contributed by atoms with Crippen LogP contribution in [-0.2, 0) is 9.59 Å². The Balaban J connectivity index is 0.00000200. The molecule has 6 heteroatoms. The molecular weight excluding hydrogens is 278 g/mol. The average molecular weight is 304 g/mol. The minimum absolute atomic E-state index is 0. The third kappa shape index (κ3) is 4.09. The van der Waals surface area contributed by atoms with Gasteiger partial charge in [0.05, 0.1) is 0 Å². The molecular formula is C14H26ClN3O2. The first-order chi connectivity index (χ1) is 9.09. The van der Waals surface area contributed by atoms with Gasteiger partial charge in [-0.25, -0.2) is 0 Å². The van der Waals surface area contributed by atoms with Crippen LogP contribution in [0.1, 0.15) is 33.1 Å². The molecule has 0 aromatic carbocycles. The monoisotopic (exact) mass is 303 g/mol. The predicted molar refractivity (Wildman–Crippen MR) is 80.8 cm³/mol. The Morgan fingerprint density at radius 3 is 2.75 bits per heavy atom. The lowest BCUT2D eigenvalue weighted by Gasteiger charge is -2.37. The van der Waals surface area contributed by atoms with E-state index in [-0.39, 0.29) is 36.2 Å². The lowest BCUT2D eigenvalue weighted by Crippen LogP contribution is -2.59. The molecule has 2 aliphatic rings. The first kappa shape index (κ1) is 17.2. The van der Waals surface area contributed by atoms with Crippen LogP contribution in [0.5, 0.6) is 0 Å². The number of carbonyl (C=O) groups excluding carboxylic acids is 2. The quantitative estimate of drug-likeness (QED) is 0.807. The summed E-state index contributed by atoms with van der Waals surface area (Å²) in [7, 11) is 0. The average Bonchev–Trinajstić information content (AvgIpc) is 2.88. The Hall–Kier alpha value is -0.810. The molecule has 0 saturated carbocycles. The zero-order chi connectivity index (χ0) is 13.8. The second kappa shape index (κ2) is 7.84. The van der Waals surface area contributed by atoms with Crippen LogP contribution in [0.4, 0.5) is 0 Å². The largest absolute Gasteiger partial charge is 0.353 e. The van der Waals surface area contributed by atoms with E-state index >= 15 is 0 Å². The van der Waals surface area contributed by atoms with Crippen molar-refractivity contribution in [1.82, 2.24) is 15.5 Å². The number of hydrogen-bond acceptors (Lipinski definition) is 3. The third-order valence-corrected chi connectivity index (χ3v) is 4.14. The second-order valence-corrected chi connectivity index (χ2v) is 5.96. The zero-order valence-electron chi connectivity index (χ0n) is 12.4. The first-order valence-electron chi connectivity index (χ1n) is 7.37. The van der Waals surface area contributed by atoms with Crippen molar-refractivity contribution in [2.45, 2.75) is 39.2 Å². The summed E-state index contributed by atoms with van der Waals surface area (Å²) in [6.07, 6.45) is 2.68. The number of piperazine rings is 1. The van der Waals surface area contributed by atoms with E-state index < -0.39 is 0 Å². The number of rotatable bonds is 4. The first-order valence-corrected chi connectivity index (χ1v) is 7.37. The fourth-order valence-electron chi connectivity index (χ4n) is 3.06. The van der Waals surface area contributed by atoms with Crippen LogP contribution in [0.2, 0.25) is 0 Å². The van der Waals surface area contributed by atoms with Crippen LogP contribution < -0.4 is 10.6 Å². The molecule has 2 amide bonds. The van der Waals surface area contributed by atoms with E-state index in [1.807, 2.05) is 13.8 Å². The van der Waals surface area contributed by atoms with Gasteiger partial charge in [-0.05, 0) is 37.8 Å². The van der Waals surface area contributed by atoms with Gasteiger partial charge in [-0.3, -0.25) is 9.59 Å². The van der Waals surface area contributed by atoms with Gasteiger partial charge in [0.1, 0.15) is 6.04 Å². The fourth-order valence-corrected chi connectivity index (χ4v) is 3.06. The van der Waals surface area contributed by atoms with Crippen molar-refractivity contribution >= 4 is 24.2 Å². The molecule has 2 N–H and O–H groups in total. The summed E-state index contributed by atoms with van der Waals surface area (Å²) in [5.41, 5.74) is 0. The maximum Gasteiger partial charge on any atom is 0.243 e. The van der Waals surface area contributed by atoms with Gasteiger partial charge in [-0.15, -0.1) is 12.4 Å². The Kier molecular flexibility index (Phi) is 6.76. The molecule has 0 spiro atoms. The maximum atomic E-state index is 12.3. The molecule has 0 aliphatic carbocycles. The number of nitrogens with zero attached hydrogens (tertiary/aromatic N) is 1. The normalized spacial score (nSPS) is 26.4. The molecule has 2 aliphatic heterocycles. The van der Waals surface area contributed by atoms with Crippen LogP contribution in [0.15, 0.2) is 0 Å². The highest BCUT2D eigenvalue weighted by atomic mass is 35.5. The second-order valence-electron chi connectivity index (χ2n) is 5.96. The highest BCUT2D eigenvalue weighted by Crippen LogP contribution is 2.19. The standard InChI is InChI=1S/C14H25N3O2.ClH/c1-10(2)13-14(19)16-7-8-17(13)12(18)4-3-11-5-6-15-9-11;/h10-11,13,15H,3-9H2,1-2H3,(H,16,19);1H. The third-order valence-electron chi connectivity index (χ3n) is 4.14. The fraction of sp³-hybridized carbons (Fsp3) is 0.857. The highest BCUT2D eigenvalue weighted by molar-refractivity contribution is 5.89. The van der Waals surface area contributed by atoms with Crippen molar-refractivity contribution in [3.05, 3.63) is 0 Å². The number of halogens is 1. The van der Waals surface area contributed by atoms with Crippen molar-refractivity contribution in [1.29, 1.82) is 0 Å². The summed E-state index contributed by atoms with van der Waals surface area (Å²) >= 11 is 0. The molecule has 2 rings (SSSR count). The molecule has 2 fully saturated rings. The lowest BCUT2D eigenvalue weighted by molar-refractivity contribution is -0.145. The van der Waals surface area contributed by atoms with Gasteiger partial charge in [-0.2, -0.15) is 0 Å². The summed E-state index contributed by atoms with van der Waals surface area (Å²) in [5, 5.41) is 6.17. The molecule has 0 bridgehead atoms. The highest BCUT2D eigenvalue weighted by Gasteiger charge is 2.35. The summed E-state index contributed by atoms with van der Waals surface area (Å²) in [6.45, 7) is 7.32. The van der Waals surface area contributed by atoms with Gasteiger partial charge in [0, 0.05) is 19.5 Å². The molecule has 2 atom stereocenters. The van der Waals surface area contributed by atoms with Crippen LogP contribution in [0, 0.1) is 11.8 Å². The van der Waals surface area contributed by atoms with Crippen molar-refractivity contribution < 1.29 is 9.59 Å². The number of carbonyl (C=O) groups is 2. The van der Waals surface area contributed by atoms with Crippen LogP contribution >= 0.6 is 12.4 Å². The smallest absolute Gasteiger partial charge is 0.243 e. The van der Waals surface area contributed by atoms with Gasteiger partial charge in [-0.1, -0.05) is 13.8 Å². The van der Waals surface area contributed by atoms with E-state index in [9.17, 15) is 9.59 Å². The van der Waals surface area contributed by atoms with Gasteiger partial charge < -0.3 is 15.5 Å². The van der Waals surface area contributed by atoms with Gasteiger partial charge in [0.25, 0.3) is 0 Å². The van der Waals surface area contributed by atoms with E-state index in [2.05, 4.69) is 10.6 Å². The molecule has 20 heavy (non-hydrogen) atoms. The van der Waals surface area contributed by atoms with E-state index in [1.54, 1.807) is 4.90 Å². The van der Waals surface area contributed by atoms with Crippen molar-refractivity contribution in [2.24, 2.45) is 11.8 Å². The van der Waals surface area contributed by atoms with E-state index in [0.29, 0.717) is 25.4 Å². The molecule has 5 nitrogen and oxygen atoms in total. The molecule has 116 valence electrons. The summed E-state index contributed by atoms with van der Waals surface area (Å²) in [5.74, 6) is 0.926. The Morgan fingerprint density at radius 2 is 2.15 bits per heavy atom. The molecule has 2 saturated heterocycles. The van der Waals surface area contributed by atoms with E-state index in [0.717, 1.165) is 19.5 Å². The number of amides is 2. The lowest BCUT2D eigenvalue weighted by atomic mass is 9.97. The van der Waals surface area contributed by atoms with Gasteiger partial charge >= 0.3 is 0 Å². The maximum absolute atomic E-state index is 12.3. The minimum atomic E-state index is -0.289. The summed E-state index contributed by atoms with van der Waals surface area (Å²) in [6, 6.07) is -0.289. The SMILES string of the molecule is CC(C)C1C(=O)NCCN1C(=O)CCC1CCNC1.Cl. The molecule has 0 radical (unpaired) electrons. The van der Waals surface area contributed by atoms with E-state index in [4.69, 9.17) is 0 Å². The Bertz CT molecular complexity index is 343. The van der Waals surface area contributed by atoms with Crippen LogP contribution in [-0.4, -0.2) is 48.9 Å². The molecule has 2 unspecified atom stereocenters. The zero-order valence-corrected chi connectivity index (χ0v) is 13.2. The topological polar surface area (TPSA) is 61.4 Å². The molecule has 0 aromatic heterocycles. The minimum Gasteiger partial charge on any atom is -0.353 e. The van der Waals surface area contributed by atoms with Crippen LogP contribution in [0.25, 0.3) is 0 Å². The molecule has 2 heterocycles. The van der Waals surface area contributed by atoms with E-state index in [1.165, 1.54) is 6.42 Å². The van der Waals surface area contributed by atoms with Gasteiger partial charge in [0.15, 0.2) is 0 Å². The van der Waals surface area contributed by atoms with Crippen LogP contribution in [0.3, 0.4) is 0 Å². The van der Waals surface area contributed by atoms with Gasteiger partial charge in [0.2, 0.25) is 11.8 Å². The van der Waals surface area contributed by atoms with Crippen molar-refractivity contribution in [3.63, 3.8) is 0 Å². The summed E-state index contributed by atoms with van der Waals surface area (Å²) in [4.78, 5) is 26.0. The predicted octanol–water partition coefficient (Wildman–Crippen LogP) is 0.781. The Morgan fingerprint density at radius 1 is 1.40 bits per heavy atom. The Labute approximate surface area is 127 Å².